The predicted molar refractivity (Wildman–Crippen MR) is 124 cm³/mol. The average Bonchev–Trinajstić information content (AvgIpc) is 2.74. The highest BCUT2D eigenvalue weighted by Crippen LogP contribution is 2.18. The number of hydrogen-bond donors (Lipinski definition) is 1. The minimum absolute atomic E-state index is 0.0398. The van der Waals surface area contributed by atoms with Crippen molar-refractivity contribution < 1.29 is 9.59 Å². The van der Waals surface area contributed by atoms with Crippen molar-refractivity contribution in [2.24, 2.45) is 0 Å². The van der Waals surface area contributed by atoms with E-state index in [1.807, 2.05) is 25.1 Å². The normalized spacial score (nSPS) is 11.9. The largest absolute Gasteiger partial charge is 0.354 e. The van der Waals surface area contributed by atoms with Gasteiger partial charge in [0.25, 0.3) is 0 Å². The van der Waals surface area contributed by atoms with Gasteiger partial charge in [-0.05, 0) is 54.5 Å². The SMILES string of the molecule is CCCNC(=O)C(C)N(Cc1cccc(Cl)c1)C(=O)CCc1ccc(C(C)C)cc1. The van der Waals surface area contributed by atoms with Gasteiger partial charge >= 0.3 is 0 Å². The number of aryl methyl sites for hydroxylation is 1. The third kappa shape index (κ3) is 7.17. The van der Waals surface area contributed by atoms with Gasteiger partial charge in [-0.1, -0.05) is 68.8 Å². The summed E-state index contributed by atoms with van der Waals surface area (Å²) in [4.78, 5) is 27.3. The Balaban J connectivity index is 2.11. The second-order valence-corrected chi connectivity index (χ2v) is 8.45. The summed E-state index contributed by atoms with van der Waals surface area (Å²) in [7, 11) is 0. The van der Waals surface area contributed by atoms with Gasteiger partial charge in [-0.2, -0.15) is 0 Å². The van der Waals surface area contributed by atoms with Crippen LogP contribution in [0.25, 0.3) is 0 Å². The second-order valence-electron chi connectivity index (χ2n) is 8.01. The number of rotatable bonds is 10. The molecule has 0 spiro atoms. The summed E-state index contributed by atoms with van der Waals surface area (Å²) in [5.74, 6) is 0.312. The van der Waals surface area contributed by atoms with Crippen LogP contribution in [0.5, 0.6) is 0 Å². The Bertz CT molecular complexity index is 833. The molecule has 0 aliphatic heterocycles. The number of amides is 2. The topological polar surface area (TPSA) is 49.4 Å². The van der Waals surface area contributed by atoms with Crippen molar-refractivity contribution in [3.05, 3.63) is 70.2 Å². The van der Waals surface area contributed by atoms with Crippen molar-refractivity contribution >= 4 is 23.4 Å². The first-order valence-electron chi connectivity index (χ1n) is 10.7. The highest BCUT2D eigenvalue weighted by atomic mass is 35.5. The molecule has 30 heavy (non-hydrogen) atoms. The van der Waals surface area contributed by atoms with Gasteiger partial charge < -0.3 is 10.2 Å². The Morgan fingerprint density at radius 2 is 1.73 bits per heavy atom. The summed E-state index contributed by atoms with van der Waals surface area (Å²) in [6, 6.07) is 15.3. The summed E-state index contributed by atoms with van der Waals surface area (Å²) in [5, 5.41) is 3.52. The molecule has 2 amide bonds. The molecule has 1 unspecified atom stereocenters. The number of nitrogens with zero attached hydrogens (tertiary/aromatic N) is 1. The molecule has 0 saturated heterocycles. The molecule has 0 heterocycles. The molecule has 162 valence electrons. The average molecular weight is 429 g/mol. The van der Waals surface area contributed by atoms with E-state index in [2.05, 4.69) is 43.4 Å². The summed E-state index contributed by atoms with van der Waals surface area (Å²) < 4.78 is 0. The fourth-order valence-electron chi connectivity index (χ4n) is 3.27. The van der Waals surface area contributed by atoms with Crippen LogP contribution in [0.4, 0.5) is 0 Å². The van der Waals surface area contributed by atoms with E-state index in [1.54, 1.807) is 17.9 Å². The van der Waals surface area contributed by atoms with Crippen molar-refractivity contribution in [1.29, 1.82) is 0 Å². The first kappa shape index (κ1) is 23.9. The second kappa shape index (κ2) is 11.8. The van der Waals surface area contributed by atoms with Crippen LogP contribution in [0.1, 0.15) is 63.1 Å². The maximum absolute atomic E-state index is 13.1. The maximum Gasteiger partial charge on any atom is 0.242 e. The van der Waals surface area contributed by atoms with E-state index >= 15 is 0 Å². The van der Waals surface area contributed by atoms with Gasteiger partial charge in [-0.3, -0.25) is 9.59 Å². The molecule has 1 N–H and O–H groups in total. The number of carbonyl (C=O) groups is 2. The smallest absolute Gasteiger partial charge is 0.242 e. The molecule has 0 aliphatic carbocycles. The van der Waals surface area contributed by atoms with Gasteiger partial charge in [-0.15, -0.1) is 0 Å². The summed E-state index contributed by atoms with van der Waals surface area (Å²) in [6.07, 6.45) is 1.85. The highest BCUT2D eigenvalue weighted by Gasteiger charge is 2.25. The van der Waals surface area contributed by atoms with Crippen molar-refractivity contribution in [2.45, 2.75) is 65.5 Å². The molecule has 0 bridgehead atoms. The first-order valence-corrected chi connectivity index (χ1v) is 11.1. The molecule has 0 aromatic heterocycles. The summed E-state index contributed by atoms with van der Waals surface area (Å²) in [6.45, 7) is 9.07. The number of hydrogen-bond acceptors (Lipinski definition) is 2. The molecule has 2 aromatic rings. The number of benzene rings is 2. The van der Waals surface area contributed by atoms with Crippen molar-refractivity contribution in [3.8, 4) is 0 Å². The monoisotopic (exact) mass is 428 g/mol. The Morgan fingerprint density at radius 3 is 2.33 bits per heavy atom. The molecule has 0 fully saturated rings. The summed E-state index contributed by atoms with van der Waals surface area (Å²) in [5.41, 5.74) is 3.32. The summed E-state index contributed by atoms with van der Waals surface area (Å²) >= 11 is 6.11. The Hall–Kier alpha value is -2.33. The van der Waals surface area contributed by atoms with Crippen LogP contribution in [0, 0.1) is 0 Å². The molecule has 2 rings (SSSR count). The third-order valence-electron chi connectivity index (χ3n) is 5.23. The molecular weight excluding hydrogens is 396 g/mol. The molecular formula is C25H33ClN2O2. The molecule has 4 nitrogen and oxygen atoms in total. The zero-order valence-electron chi connectivity index (χ0n) is 18.5. The number of carbonyl (C=O) groups excluding carboxylic acids is 2. The van der Waals surface area contributed by atoms with Gasteiger partial charge in [0.1, 0.15) is 6.04 Å². The van der Waals surface area contributed by atoms with Crippen LogP contribution in [0.3, 0.4) is 0 Å². The zero-order valence-corrected chi connectivity index (χ0v) is 19.2. The van der Waals surface area contributed by atoms with Gasteiger partial charge in [0.15, 0.2) is 0 Å². The van der Waals surface area contributed by atoms with E-state index in [1.165, 1.54) is 5.56 Å². The lowest BCUT2D eigenvalue weighted by Crippen LogP contribution is -2.47. The molecule has 0 saturated carbocycles. The van der Waals surface area contributed by atoms with Gasteiger partial charge in [-0.25, -0.2) is 0 Å². The van der Waals surface area contributed by atoms with Crippen LogP contribution in [-0.4, -0.2) is 29.3 Å². The van der Waals surface area contributed by atoms with Crippen LogP contribution in [-0.2, 0) is 22.6 Å². The fraction of sp³-hybridized carbons (Fsp3) is 0.440. The van der Waals surface area contributed by atoms with Crippen molar-refractivity contribution in [3.63, 3.8) is 0 Å². The van der Waals surface area contributed by atoms with Crippen molar-refractivity contribution in [2.75, 3.05) is 6.54 Å². The number of nitrogens with one attached hydrogen (secondary N) is 1. The molecule has 2 aromatic carbocycles. The van der Waals surface area contributed by atoms with Crippen LogP contribution in [0.15, 0.2) is 48.5 Å². The van der Waals surface area contributed by atoms with E-state index in [0.717, 1.165) is 17.5 Å². The van der Waals surface area contributed by atoms with Crippen LogP contribution in [0.2, 0.25) is 5.02 Å². The lowest BCUT2D eigenvalue weighted by Gasteiger charge is -2.29. The van der Waals surface area contributed by atoms with Crippen molar-refractivity contribution in [1.82, 2.24) is 10.2 Å². The Labute approximate surface area is 185 Å². The van der Waals surface area contributed by atoms with Gasteiger partial charge in [0.05, 0.1) is 0 Å². The minimum atomic E-state index is -0.550. The Morgan fingerprint density at radius 1 is 1.03 bits per heavy atom. The molecule has 1 atom stereocenters. The fourth-order valence-corrected chi connectivity index (χ4v) is 3.49. The van der Waals surface area contributed by atoms with Crippen LogP contribution < -0.4 is 5.32 Å². The lowest BCUT2D eigenvalue weighted by atomic mass is 10.00. The highest BCUT2D eigenvalue weighted by molar-refractivity contribution is 6.30. The minimum Gasteiger partial charge on any atom is -0.354 e. The zero-order chi connectivity index (χ0) is 22.1. The van der Waals surface area contributed by atoms with E-state index in [4.69, 9.17) is 11.6 Å². The van der Waals surface area contributed by atoms with Gasteiger partial charge in [0, 0.05) is 24.5 Å². The first-order chi connectivity index (χ1) is 14.3. The third-order valence-corrected chi connectivity index (χ3v) is 5.47. The quantitative estimate of drug-likeness (QED) is 0.555. The molecule has 5 heteroatoms. The standard InChI is InChI=1S/C25H33ClN2O2/c1-5-15-27-25(30)19(4)28(17-21-7-6-8-23(26)16-21)24(29)14-11-20-9-12-22(13-10-20)18(2)3/h6-10,12-13,16,18-19H,5,11,14-15,17H2,1-4H3,(H,27,30). The van der Waals surface area contributed by atoms with E-state index < -0.39 is 6.04 Å². The molecule has 0 aliphatic rings. The molecule has 0 radical (unpaired) electrons. The van der Waals surface area contributed by atoms with Crippen LogP contribution >= 0.6 is 11.6 Å². The van der Waals surface area contributed by atoms with Gasteiger partial charge in [0.2, 0.25) is 11.8 Å². The lowest BCUT2D eigenvalue weighted by molar-refractivity contribution is -0.140. The van der Waals surface area contributed by atoms with E-state index in [-0.39, 0.29) is 11.8 Å². The van der Waals surface area contributed by atoms with E-state index in [0.29, 0.717) is 36.9 Å². The maximum atomic E-state index is 13.1. The van der Waals surface area contributed by atoms with E-state index in [9.17, 15) is 9.59 Å². The predicted octanol–water partition coefficient (Wildman–Crippen LogP) is 5.34. The number of halogens is 1. The Kier molecular flexibility index (Phi) is 9.38.